The molecule has 14 heavy (non-hydrogen) atoms. The highest BCUT2D eigenvalue weighted by Crippen LogP contribution is 2.18. The molecule has 1 aromatic carbocycles. The van der Waals surface area contributed by atoms with Gasteiger partial charge in [-0.1, -0.05) is 6.92 Å². The highest BCUT2D eigenvalue weighted by atomic mass is 16.1. The van der Waals surface area contributed by atoms with Gasteiger partial charge in [-0.05, 0) is 35.6 Å². The van der Waals surface area contributed by atoms with Gasteiger partial charge >= 0.3 is 0 Å². The van der Waals surface area contributed by atoms with Crippen molar-refractivity contribution in [3.05, 3.63) is 40.3 Å². The van der Waals surface area contributed by atoms with Crippen LogP contribution in [0.4, 0.5) is 5.69 Å². The van der Waals surface area contributed by atoms with Crippen molar-refractivity contribution < 1.29 is 0 Å². The fraction of sp³-hybridized carbons (Fsp3) is 0.182. The summed E-state index contributed by atoms with van der Waals surface area (Å²) in [4.78, 5) is 14.2. The number of fused-ring (bicyclic) bond motifs is 1. The number of nitrogens with one attached hydrogen (secondary N) is 1. The van der Waals surface area contributed by atoms with Crippen LogP contribution in [0.5, 0.6) is 0 Å². The van der Waals surface area contributed by atoms with Crippen LogP contribution in [0.15, 0.2) is 29.2 Å². The molecule has 0 saturated heterocycles. The predicted molar refractivity (Wildman–Crippen MR) is 58.4 cm³/mol. The first-order chi connectivity index (χ1) is 6.72. The van der Waals surface area contributed by atoms with E-state index in [1.807, 2.05) is 6.07 Å². The highest BCUT2D eigenvalue weighted by Gasteiger charge is 2.02. The van der Waals surface area contributed by atoms with Crippen LogP contribution < -0.4 is 11.3 Å². The first-order valence-electron chi connectivity index (χ1n) is 4.62. The minimum atomic E-state index is -0.0581. The van der Waals surface area contributed by atoms with E-state index in [9.17, 15) is 4.79 Å². The second-order valence-corrected chi connectivity index (χ2v) is 3.30. The van der Waals surface area contributed by atoms with Crippen LogP contribution in [-0.2, 0) is 6.42 Å². The Morgan fingerprint density at radius 3 is 2.86 bits per heavy atom. The molecule has 0 bridgehead atoms. The van der Waals surface area contributed by atoms with Crippen molar-refractivity contribution in [2.45, 2.75) is 13.3 Å². The van der Waals surface area contributed by atoms with Crippen LogP contribution in [0.3, 0.4) is 0 Å². The van der Waals surface area contributed by atoms with Crippen LogP contribution in [0, 0.1) is 0 Å². The first-order valence-corrected chi connectivity index (χ1v) is 4.62. The van der Waals surface area contributed by atoms with Gasteiger partial charge in [0, 0.05) is 17.3 Å². The molecule has 2 rings (SSSR count). The lowest BCUT2D eigenvalue weighted by molar-refractivity contribution is 1.11. The van der Waals surface area contributed by atoms with Gasteiger partial charge in [0.2, 0.25) is 0 Å². The lowest BCUT2D eigenvalue weighted by atomic mass is 10.1. The van der Waals surface area contributed by atoms with Crippen molar-refractivity contribution in [2.24, 2.45) is 0 Å². The summed E-state index contributed by atoms with van der Waals surface area (Å²) in [6, 6.07) is 5.36. The third-order valence-corrected chi connectivity index (χ3v) is 2.39. The number of aryl methyl sites for hydroxylation is 1. The molecule has 3 heteroatoms. The van der Waals surface area contributed by atoms with E-state index >= 15 is 0 Å². The summed E-state index contributed by atoms with van der Waals surface area (Å²) < 4.78 is 0. The van der Waals surface area contributed by atoms with Crippen LogP contribution in [0.1, 0.15) is 12.5 Å². The largest absolute Gasteiger partial charge is 0.399 e. The van der Waals surface area contributed by atoms with E-state index in [4.69, 9.17) is 5.73 Å². The molecule has 0 aliphatic rings. The zero-order valence-electron chi connectivity index (χ0n) is 8.00. The van der Waals surface area contributed by atoms with Gasteiger partial charge in [0.15, 0.2) is 0 Å². The Hall–Kier alpha value is -1.77. The van der Waals surface area contributed by atoms with E-state index < -0.39 is 0 Å². The fourth-order valence-corrected chi connectivity index (χ4v) is 1.63. The summed E-state index contributed by atoms with van der Waals surface area (Å²) in [5.41, 5.74) is 7.44. The minimum absolute atomic E-state index is 0.0581. The SMILES string of the molecule is CCc1c[nH]c(=O)c2ccc(N)cc12. The number of nitrogen functional groups attached to an aromatic ring is 1. The van der Waals surface area contributed by atoms with E-state index in [0.29, 0.717) is 11.1 Å². The van der Waals surface area contributed by atoms with E-state index in [1.165, 1.54) is 0 Å². The molecule has 3 nitrogen and oxygen atoms in total. The fourth-order valence-electron chi connectivity index (χ4n) is 1.63. The Morgan fingerprint density at radius 1 is 1.36 bits per heavy atom. The molecule has 0 aliphatic carbocycles. The van der Waals surface area contributed by atoms with Crippen LogP contribution in [0.2, 0.25) is 0 Å². The normalized spacial score (nSPS) is 10.6. The Kier molecular flexibility index (Phi) is 2.00. The molecule has 0 aliphatic heterocycles. The zero-order chi connectivity index (χ0) is 10.1. The van der Waals surface area contributed by atoms with Gasteiger partial charge in [-0.2, -0.15) is 0 Å². The second-order valence-electron chi connectivity index (χ2n) is 3.30. The average Bonchev–Trinajstić information content (AvgIpc) is 2.18. The predicted octanol–water partition coefficient (Wildman–Crippen LogP) is 1.67. The summed E-state index contributed by atoms with van der Waals surface area (Å²) >= 11 is 0. The number of H-pyrrole nitrogens is 1. The summed E-state index contributed by atoms with van der Waals surface area (Å²) in [5, 5.41) is 1.66. The van der Waals surface area contributed by atoms with E-state index in [0.717, 1.165) is 17.4 Å². The third kappa shape index (κ3) is 1.27. The number of aromatic nitrogens is 1. The molecule has 0 amide bonds. The van der Waals surface area contributed by atoms with Crippen LogP contribution in [0.25, 0.3) is 10.8 Å². The van der Waals surface area contributed by atoms with E-state index in [-0.39, 0.29) is 5.56 Å². The molecule has 72 valence electrons. The zero-order valence-corrected chi connectivity index (χ0v) is 8.00. The van der Waals surface area contributed by atoms with Gasteiger partial charge < -0.3 is 10.7 Å². The van der Waals surface area contributed by atoms with Crippen LogP contribution >= 0.6 is 0 Å². The van der Waals surface area contributed by atoms with Crippen molar-refractivity contribution in [3.8, 4) is 0 Å². The van der Waals surface area contributed by atoms with Gasteiger partial charge in [-0.15, -0.1) is 0 Å². The Labute approximate surface area is 81.6 Å². The van der Waals surface area contributed by atoms with Gasteiger partial charge in [0.05, 0.1) is 0 Å². The molecule has 0 saturated carbocycles. The maximum absolute atomic E-state index is 11.5. The highest BCUT2D eigenvalue weighted by molar-refractivity contribution is 5.87. The molecular weight excluding hydrogens is 176 g/mol. The number of hydrogen-bond acceptors (Lipinski definition) is 2. The molecule has 1 heterocycles. The Morgan fingerprint density at radius 2 is 2.14 bits per heavy atom. The third-order valence-electron chi connectivity index (χ3n) is 2.39. The monoisotopic (exact) mass is 188 g/mol. The topological polar surface area (TPSA) is 58.9 Å². The van der Waals surface area contributed by atoms with Crippen molar-refractivity contribution >= 4 is 16.5 Å². The Balaban J connectivity index is 2.92. The van der Waals surface area contributed by atoms with Gasteiger partial charge in [0.1, 0.15) is 0 Å². The summed E-state index contributed by atoms with van der Waals surface area (Å²) in [7, 11) is 0. The number of anilines is 1. The van der Waals surface area contributed by atoms with Gasteiger partial charge in [0.25, 0.3) is 5.56 Å². The number of benzene rings is 1. The standard InChI is InChI=1S/C11H12N2O/c1-2-7-6-13-11(14)9-4-3-8(12)5-10(7)9/h3-6H,2,12H2,1H3,(H,13,14). The van der Waals surface area contributed by atoms with E-state index in [1.54, 1.807) is 18.3 Å². The molecule has 0 fully saturated rings. The van der Waals surface area contributed by atoms with Crippen molar-refractivity contribution in [2.75, 3.05) is 5.73 Å². The smallest absolute Gasteiger partial charge is 0.255 e. The first kappa shape index (κ1) is 8.81. The quantitative estimate of drug-likeness (QED) is 0.669. The number of hydrogen-bond donors (Lipinski definition) is 2. The van der Waals surface area contributed by atoms with Gasteiger partial charge in [-0.3, -0.25) is 4.79 Å². The molecule has 1 aromatic heterocycles. The van der Waals surface area contributed by atoms with Crippen LogP contribution in [-0.4, -0.2) is 4.98 Å². The summed E-state index contributed by atoms with van der Waals surface area (Å²) in [6.45, 7) is 2.05. The summed E-state index contributed by atoms with van der Waals surface area (Å²) in [5.74, 6) is 0. The molecule has 0 radical (unpaired) electrons. The van der Waals surface area contributed by atoms with E-state index in [2.05, 4.69) is 11.9 Å². The summed E-state index contributed by atoms with van der Waals surface area (Å²) in [6.07, 6.45) is 2.64. The average molecular weight is 188 g/mol. The lowest BCUT2D eigenvalue weighted by Crippen LogP contribution is -2.07. The van der Waals surface area contributed by atoms with Gasteiger partial charge in [-0.25, -0.2) is 0 Å². The molecular formula is C11H12N2O. The molecule has 2 aromatic rings. The molecule has 0 unspecified atom stereocenters. The number of aromatic amines is 1. The number of rotatable bonds is 1. The minimum Gasteiger partial charge on any atom is -0.399 e. The lowest BCUT2D eigenvalue weighted by Gasteiger charge is -2.03. The van der Waals surface area contributed by atoms with Crippen molar-refractivity contribution in [3.63, 3.8) is 0 Å². The Bertz CT molecular complexity index is 528. The molecule has 0 spiro atoms. The van der Waals surface area contributed by atoms with Crippen molar-refractivity contribution in [1.29, 1.82) is 0 Å². The van der Waals surface area contributed by atoms with Crippen molar-refractivity contribution in [1.82, 2.24) is 4.98 Å². The molecule has 0 atom stereocenters. The maximum atomic E-state index is 11.5. The number of pyridine rings is 1. The number of nitrogens with two attached hydrogens (primary N) is 1. The molecule has 3 N–H and O–H groups in total. The second kappa shape index (κ2) is 3.18. The maximum Gasteiger partial charge on any atom is 0.255 e.